The lowest BCUT2D eigenvalue weighted by Gasteiger charge is -2.29. The highest BCUT2D eigenvalue weighted by Crippen LogP contribution is 2.41. The molecule has 1 aromatic carbocycles. The number of hydrogen-bond donors (Lipinski definition) is 1. The van der Waals surface area contributed by atoms with Crippen LogP contribution in [0.1, 0.15) is 29.0 Å². The molecule has 1 unspecified atom stereocenters. The van der Waals surface area contributed by atoms with Crippen LogP contribution >= 0.6 is 27.3 Å². The molecule has 2 N–H and O–H groups in total. The largest absolute Gasteiger partial charge is 0.484 e. The second-order valence-electron chi connectivity index (χ2n) is 4.30. The highest BCUT2D eigenvalue weighted by molar-refractivity contribution is 9.10. The minimum absolute atomic E-state index is 0.0470. The van der Waals surface area contributed by atoms with Crippen molar-refractivity contribution in [3.05, 3.63) is 50.4 Å². The van der Waals surface area contributed by atoms with Crippen LogP contribution < -0.4 is 10.5 Å². The summed E-state index contributed by atoms with van der Waals surface area (Å²) < 4.78 is 20.1. The van der Waals surface area contributed by atoms with Gasteiger partial charge in [0.05, 0.1) is 0 Å². The summed E-state index contributed by atoms with van der Waals surface area (Å²) in [6, 6.07) is 6.37. The molecule has 18 heavy (non-hydrogen) atoms. The lowest BCUT2D eigenvalue weighted by atomic mass is 9.96. The van der Waals surface area contributed by atoms with Crippen LogP contribution in [-0.2, 0) is 0 Å². The van der Waals surface area contributed by atoms with Crippen molar-refractivity contribution in [1.82, 2.24) is 0 Å². The van der Waals surface area contributed by atoms with E-state index in [4.69, 9.17) is 10.5 Å². The monoisotopic (exact) mass is 327 g/mol. The standard InChI is InChI=1S/C13H11BrFNOS/c14-7-3-13(18-6-7)12-5-10(16)9-4-8(15)1-2-11(9)17-12/h1-4,6,10,12H,5,16H2/t10-,12?/m0/s1. The van der Waals surface area contributed by atoms with Crippen LogP contribution in [0.5, 0.6) is 5.75 Å². The minimum Gasteiger partial charge on any atom is -0.484 e. The Labute approximate surface area is 117 Å². The summed E-state index contributed by atoms with van der Waals surface area (Å²) in [5, 5.41) is 2.02. The molecule has 5 heteroatoms. The fourth-order valence-corrected chi connectivity index (χ4v) is 3.63. The molecule has 3 rings (SSSR count). The Kier molecular flexibility index (Phi) is 3.13. The Morgan fingerprint density at radius 1 is 1.39 bits per heavy atom. The summed E-state index contributed by atoms with van der Waals surface area (Å²) >= 11 is 5.06. The number of fused-ring (bicyclic) bond motifs is 1. The fourth-order valence-electron chi connectivity index (χ4n) is 2.15. The van der Waals surface area contributed by atoms with Crippen LogP contribution in [0.15, 0.2) is 34.1 Å². The van der Waals surface area contributed by atoms with Crippen molar-refractivity contribution in [2.24, 2.45) is 5.73 Å². The van der Waals surface area contributed by atoms with Crippen molar-refractivity contribution in [3.63, 3.8) is 0 Å². The molecule has 0 amide bonds. The molecule has 1 aliphatic rings. The van der Waals surface area contributed by atoms with Crippen LogP contribution in [0.4, 0.5) is 4.39 Å². The van der Waals surface area contributed by atoms with Gasteiger partial charge in [0.25, 0.3) is 0 Å². The lowest BCUT2D eigenvalue weighted by molar-refractivity contribution is 0.164. The van der Waals surface area contributed by atoms with E-state index < -0.39 is 0 Å². The molecular formula is C13H11BrFNOS. The lowest BCUT2D eigenvalue weighted by Crippen LogP contribution is -2.23. The maximum atomic E-state index is 13.2. The molecule has 94 valence electrons. The van der Waals surface area contributed by atoms with Crippen molar-refractivity contribution in [1.29, 1.82) is 0 Å². The smallest absolute Gasteiger partial charge is 0.135 e. The van der Waals surface area contributed by atoms with Crippen molar-refractivity contribution in [3.8, 4) is 5.75 Å². The average molecular weight is 328 g/mol. The van der Waals surface area contributed by atoms with Gasteiger partial charge in [0, 0.05) is 32.8 Å². The number of nitrogens with two attached hydrogens (primary N) is 1. The number of rotatable bonds is 1. The Hall–Kier alpha value is -0.910. The first kappa shape index (κ1) is 12.1. The van der Waals surface area contributed by atoms with Crippen LogP contribution in [-0.4, -0.2) is 0 Å². The van der Waals surface area contributed by atoms with Crippen molar-refractivity contribution < 1.29 is 9.13 Å². The van der Waals surface area contributed by atoms with Gasteiger partial charge in [-0.1, -0.05) is 0 Å². The quantitative estimate of drug-likeness (QED) is 0.853. The second-order valence-corrected chi connectivity index (χ2v) is 6.16. The van der Waals surface area contributed by atoms with Crippen molar-refractivity contribution in [2.45, 2.75) is 18.6 Å². The van der Waals surface area contributed by atoms with E-state index in [0.29, 0.717) is 12.2 Å². The molecule has 1 aromatic heterocycles. The molecule has 0 bridgehead atoms. The summed E-state index contributed by atoms with van der Waals surface area (Å²) in [6.07, 6.45) is 0.623. The average Bonchev–Trinajstić information content (AvgIpc) is 2.77. The molecule has 1 aliphatic heterocycles. The normalized spacial score (nSPS) is 22.4. The van der Waals surface area contributed by atoms with Gasteiger partial charge >= 0.3 is 0 Å². The van der Waals surface area contributed by atoms with Gasteiger partial charge in [-0.2, -0.15) is 0 Å². The molecule has 0 saturated heterocycles. The van der Waals surface area contributed by atoms with E-state index in [0.717, 1.165) is 14.9 Å². The summed E-state index contributed by atoms with van der Waals surface area (Å²) in [4.78, 5) is 1.13. The van der Waals surface area contributed by atoms with Gasteiger partial charge in [-0.15, -0.1) is 11.3 Å². The summed E-state index contributed by atoms with van der Waals surface area (Å²) in [7, 11) is 0. The van der Waals surface area contributed by atoms with E-state index >= 15 is 0 Å². The second kappa shape index (κ2) is 4.64. The molecule has 0 fully saturated rings. The topological polar surface area (TPSA) is 35.2 Å². The maximum absolute atomic E-state index is 13.2. The van der Waals surface area contributed by atoms with Gasteiger partial charge < -0.3 is 10.5 Å². The molecule has 2 nitrogen and oxygen atoms in total. The third-order valence-corrected chi connectivity index (χ3v) is 4.80. The highest BCUT2D eigenvalue weighted by atomic mass is 79.9. The third-order valence-electron chi connectivity index (χ3n) is 3.01. The number of halogens is 2. The van der Waals surface area contributed by atoms with E-state index in [1.54, 1.807) is 17.4 Å². The van der Waals surface area contributed by atoms with E-state index in [1.165, 1.54) is 12.1 Å². The van der Waals surface area contributed by atoms with E-state index in [9.17, 15) is 4.39 Å². The minimum atomic E-state index is -0.273. The highest BCUT2D eigenvalue weighted by Gasteiger charge is 2.28. The summed E-state index contributed by atoms with van der Waals surface area (Å²) in [5.41, 5.74) is 6.85. The molecular weight excluding hydrogens is 317 g/mol. The van der Waals surface area contributed by atoms with Crippen molar-refractivity contribution in [2.75, 3.05) is 0 Å². The van der Waals surface area contributed by atoms with Crippen LogP contribution in [0, 0.1) is 5.82 Å². The number of hydrogen-bond acceptors (Lipinski definition) is 3. The fraction of sp³-hybridized carbons (Fsp3) is 0.231. The van der Waals surface area contributed by atoms with Crippen LogP contribution in [0.25, 0.3) is 0 Å². The zero-order valence-corrected chi connectivity index (χ0v) is 11.8. The molecule has 0 saturated carbocycles. The summed E-state index contributed by atoms with van der Waals surface area (Å²) in [5.74, 6) is 0.412. The van der Waals surface area contributed by atoms with Gasteiger partial charge in [0.1, 0.15) is 17.7 Å². The van der Waals surface area contributed by atoms with Gasteiger partial charge in [-0.05, 0) is 40.2 Å². The SMILES string of the molecule is N[C@H]1CC(c2cc(Br)cs2)Oc2ccc(F)cc21. The molecule has 0 spiro atoms. The number of thiophene rings is 1. The predicted molar refractivity (Wildman–Crippen MR) is 73.3 cm³/mol. The zero-order valence-electron chi connectivity index (χ0n) is 9.40. The van der Waals surface area contributed by atoms with Crippen molar-refractivity contribution >= 4 is 27.3 Å². The first-order valence-corrected chi connectivity index (χ1v) is 7.26. The van der Waals surface area contributed by atoms with E-state index in [-0.39, 0.29) is 18.0 Å². The molecule has 0 radical (unpaired) electrons. The maximum Gasteiger partial charge on any atom is 0.135 e. The van der Waals surface area contributed by atoms with Crippen LogP contribution in [0.3, 0.4) is 0 Å². The third kappa shape index (κ3) is 2.18. The predicted octanol–water partition coefficient (Wildman–Crippen LogP) is 4.17. The van der Waals surface area contributed by atoms with E-state index in [2.05, 4.69) is 15.9 Å². The van der Waals surface area contributed by atoms with E-state index in [1.807, 2.05) is 11.4 Å². The zero-order chi connectivity index (χ0) is 12.7. The first-order chi connectivity index (χ1) is 8.63. The van der Waals surface area contributed by atoms with Crippen LogP contribution in [0.2, 0.25) is 0 Å². The van der Waals surface area contributed by atoms with Gasteiger partial charge in [-0.25, -0.2) is 4.39 Å². The Balaban J connectivity index is 1.94. The van der Waals surface area contributed by atoms with Gasteiger partial charge in [0.2, 0.25) is 0 Å². The molecule has 2 aromatic rings. The summed E-state index contributed by atoms with van der Waals surface area (Å²) in [6.45, 7) is 0. The van der Waals surface area contributed by atoms with Gasteiger partial charge in [0.15, 0.2) is 0 Å². The Morgan fingerprint density at radius 2 is 2.22 bits per heavy atom. The molecule has 0 aliphatic carbocycles. The molecule has 2 atom stereocenters. The van der Waals surface area contributed by atoms with Gasteiger partial charge in [-0.3, -0.25) is 0 Å². The first-order valence-electron chi connectivity index (χ1n) is 5.59. The Bertz CT molecular complexity index is 586. The Morgan fingerprint density at radius 3 is 2.94 bits per heavy atom. The number of benzene rings is 1. The number of ether oxygens (including phenoxy) is 1. The molecule has 2 heterocycles.